The number of rotatable bonds is 5. The van der Waals surface area contributed by atoms with E-state index in [1.165, 1.54) is 67.7 Å². The minimum absolute atomic E-state index is 0.723. The first-order chi connectivity index (χ1) is 28.2. The molecule has 0 atom stereocenters. The molecule has 0 radical (unpaired) electrons. The van der Waals surface area contributed by atoms with Crippen molar-refractivity contribution >= 4 is 84.8 Å². The summed E-state index contributed by atoms with van der Waals surface area (Å²) in [6, 6.07) is 67.6. The van der Waals surface area contributed by atoms with E-state index < -0.39 is 0 Å². The Kier molecular flexibility index (Phi) is 7.27. The number of nitrogens with zero attached hydrogens (tertiary/aromatic N) is 3. The monoisotopic (exact) mass is 761 g/mol. The summed E-state index contributed by atoms with van der Waals surface area (Å²) < 4.78 is 7.43. The van der Waals surface area contributed by atoms with Gasteiger partial charge in [-0.1, -0.05) is 140 Å². The van der Waals surface area contributed by atoms with Gasteiger partial charge in [-0.15, -0.1) is 22.7 Å². The Balaban J connectivity index is 1.11. The van der Waals surface area contributed by atoms with Crippen LogP contribution in [-0.2, 0) is 0 Å². The maximum atomic E-state index is 5.42. The fourth-order valence-corrected chi connectivity index (χ4v) is 11.1. The van der Waals surface area contributed by atoms with Crippen molar-refractivity contribution in [2.45, 2.75) is 0 Å². The fourth-order valence-electron chi connectivity index (χ4n) is 8.56. The summed E-state index contributed by atoms with van der Waals surface area (Å²) in [6.45, 7) is 0. The van der Waals surface area contributed by atoms with E-state index in [9.17, 15) is 0 Å². The molecule has 0 bridgehead atoms. The van der Waals surface area contributed by atoms with E-state index in [0.29, 0.717) is 0 Å². The Morgan fingerprint density at radius 3 is 1.84 bits per heavy atom. The van der Waals surface area contributed by atoms with Crippen LogP contribution >= 0.6 is 22.7 Å². The molecule has 5 heteroatoms. The van der Waals surface area contributed by atoms with Gasteiger partial charge in [0, 0.05) is 68.8 Å². The Morgan fingerprint density at radius 1 is 0.368 bits per heavy atom. The molecular formula is C52H31N3S2. The standard InChI is InChI=1S/C52H31N3S2/c1-3-13-32(14-4-1)33-15-11-16-34(29-33)44-31-45(35-25-26-39-38-20-8-10-24-47(38)56-48(39)30-35)54-52(53-44)43-22-12-21-41-42-28-27-40-37-19-7-9-23-46(37)55(36-17-5-2-6-18-36)49(40)51(42)57-50(41)43/h1-31H. The largest absolute Gasteiger partial charge is 0.308 e. The summed E-state index contributed by atoms with van der Waals surface area (Å²) in [7, 11) is 0. The van der Waals surface area contributed by atoms with Gasteiger partial charge in [0.2, 0.25) is 0 Å². The highest BCUT2D eigenvalue weighted by molar-refractivity contribution is 7.27. The van der Waals surface area contributed by atoms with Gasteiger partial charge < -0.3 is 4.57 Å². The minimum atomic E-state index is 0.723. The first-order valence-electron chi connectivity index (χ1n) is 19.1. The van der Waals surface area contributed by atoms with Crippen LogP contribution in [0, 0.1) is 0 Å². The molecule has 12 aromatic rings. The Hall–Kier alpha value is -6.92. The van der Waals surface area contributed by atoms with Crippen LogP contribution in [0.25, 0.3) is 113 Å². The lowest BCUT2D eigenvalue weighted by Crippen LogP contribution is -1.96. The third-order valence-electron chi connectivity index (χ3n) is 11.2. The number of para-hydroxylation sites is 2. The predicted molar refractivity (Wildman–Crippen MR) is 244 cm³/mol. The number of hydrogen-bond donors (Lipinski definition) is 0. The van der Waals surface area contributed by atoms with Crippen molar-refractivity contribution in [3.63, 3.8) is 0 Å². The van der Waals surface area contributed by atoms with Crippen LogP contribution in [0.3, 0.4) is 0 Å². The van der Waals surface area contributed by atoms with E-state index >= 15 is 0 Å². The van der Waals surface area contributed by atoms with Crippen molar-refractivity contribution in [2.75, 3.05) is 0 Å². The average Bonchev–Trinajstić information content (AvgIpc) is 3.96. The molecule has 0 unspecified atom stereocenters. The van der Waals surface area contributed by atoms with E-state index in [1.54, 1.807) is 0 Å². The van der Waals surface area contributed by atoms with Gasteiger partial charge in [-0.2, -0.15) is 0 Å². The first kappa shape index (κ1) is 32.3. The summed E-state index contributed by atoms with van der Waals surface area (Å²) in [5.74, 6) is 0.723. The van der Waals surface area contributed by atoms with Crippen molar-refractivity contribution < 1.29 is 0 Å². The lowest BCUT2D eigenvalue weighted by atomic mass is 10.0. The summed E-state index contributed by atoms with van der Waals surface area (Å²) in [5, 5.41) is 7.54. The van der Waals surface area contributed by atoms with Crippen LogP contribution in [0.2, 0.25) is 0 Å². The van der Waals surface area contributed by atoms with Crippen LogP contribution in [0.4, 0.5) is 0 Å². The molecule has 266 valence electrons. The molecule has 0 aliphatic carbocycles. The van der Waals surface area contributed by atoms with Gasteiger partial charge in [0.15, 0.2) is 5.82 Å². The second-order valence-corrected chi connectivity index (χ2v) is 16.6. The number of benzene rings is 8. The van der Waals surface area contributed by atoms with Gasteiger partial charge in [-0.3, -0.25) is 0 Å². The Labute approximate surface area is 336 Å². The van der Waals surface area contributed by atoms with Crippen molar-refractivity contribution in [3.05, 3.63) is 188 Å². The second kappa shape index (κ2) is 12.8. The Morgan fingerprint density at radius 2 is 0.982 bits per heavy atom. The molecule has 0 N–H and O–H groups in total. The number of thiophene rings is 2. The maximum absolute atomic E-state index is 5.42. The van der Waals surface area contributed by atoms with Gasteiger partial charge in [0.25, 0.3) is 0 Å². The molecule has 57 heavy (non-hydrogen) atoms. The van der Waals surface area contributed by atoms with E-state index in [1.807, 2.05) is 22.7 Å². The van der Waals surface area contributed by atoms with Crippen LogP contribution < -0.4 is 0 Å². The van der Waals surface area contributed by atoms with Crippen molar-refractivity contribution in [1.82, 2.24) is 14.5 Å². The van der Waals surface area contributed by atoms with E-state index in [0.717, 1.165) is 45.2 Å². The van der Waals surface area contributed by atoms with E-state index in [2.05, 4.69) is 193 Å². The number of hydrogen-bond acceptors (Lipinski definition) is 4. The Bertz CT molecular complexity index is 3520. The molecule has 0 aliphatic heterocycles. The lowest BCUT2D eigenvalue weighted by Gasteiger charge is -2.11. The zero-order valence-corrected chi connectivity index (χ0v) is 32.2. The molecule has 0 spiro atoms. The first-order valence-corrected chi connectivity index (χ1v) is 20.8. The molecular weight excluding hydrogens is 731 g/mol. The van der Waals surface area contributed by atoms with Crippen molar-refractivity contribution in [3.8, 4) is 50.7 Å². The van der Waals surface area contributed by atoms with E-state index in [-0.39, 0.29) is 0 Å². The normalized spacial score (nSPS) is 11.9. The molecule has 0 amide bonds. The molecule has 0 saturated heterocycles. The average molecular weight is 762 g/mol. The molecule has 8 aromatic carbocycles. The van der Waals surface area contributed by atoms with Gasteiger partial charge in [0.1, 0.15) is 0 Å². The zero-order chi connectivity index (χ0) is 37.5. The van der Waals surface area contributed by atoms with Crippen LogP contribution in [0.15, 0.2) is 188 Å². The highest BCUT2D eigenvalue weighted by Crippen LogP contribution is 2.46. The van der Waals surface area contributed by atoms with Crippen molar-refractivity contribution in [1.29, 1.82) is 0 Å². The summed E-state index contributed by atoms with van der Waals surface area (Å²) in [5.41, 5.74) is 10.9. The summed E-state index contributed by atoms with van der Waals surface area (Å²) in [6.07, 6.45) is 0. The molecule has 0 saturated carbocycles. The molecule has 4 heterocycles. The molecule has 12 rings (SSSR count). The third kappa shape index (κ3) is 5.17. The topological polar surface area (TPSA) is 30.7 Å². The lowest BCUT2D eigenvalue weighted by molar-refractivity contribution is 1.19. The smallest absolute Gasteiger partial charge is 0.161 e. The molecule has 3 nitrogen and oxygen atoms in total. The SMILES string of the molecule is c1ccc(-c2cccc(-c3cc(-c4ccc5c(c4)sc4ccccc45)nc(-c4cccc5c4sc4c5ccc5c6ccccc6n(-c6ccccc6)c54)n3)c2)cc1. The van der Waals surface area contributed by atoms with Gasteiger partial charge >= 0.3 is 0 Å². The summed E-state index contributed by atoms with van der Waals surface area (Å²) >= 11 is 3.68. The van der Waals surface area contributed by atoms with Gasteiger partial charge in [-0.05, 0) is 59.7 Å². The molecule has 4 aromatic heterocycles. The quantitative estimate of drug-likeness (QED) is 0.175. The number of aromatic nitrogens is 3. The zero-order valence-electron chi connectivity index (χ0n) is 30.6. The predicted octanol–water partition coefficient (Wildman–Crippen LogP) is 15.0. The van der Waals surface area contributed by atoms with Crippen LogP contribution in [-0.4, -0.2) is 14.5 Å². The summed E-state index contributed by atoms with van der Waals surface area (Å²) in [4.78, 5) is 10.8. The highest BCUT2D eigenvalue weighted by atomic mass is 32.1. The highest BCUT2D eigenvalue weighted by Gasteiger charge is 2.21. The number of fused-ring (bicyclic) bond motifs is 10. The maximum Gasteiger partial charge on any atom is 0.161 e. The van der Waals surface area contributed by atoms with Crippen LogP contribution in [0.1, 0.15) is 0 Å². The molecule has 0 aliphatic rings. The third-order valence-corrected chi connectivity index (χ3v) is 13.6. The fraction of sp³-hybridized carbons (Fsp3) is 0. The molecule has 0 fully saturated rings. The van der Waals surface area contributed by atoms with Gasteiger partial charge in [0.05, 0.1) is 27.1 Å². The second-order valence-electron chi connectivity index (χ2n) is 14.5. The van der Waals surface area contributed by atoms with E-state index in [4.69, 9.17) is 9.97 Å². The van der Waals surface area contributed by atoms with Gasteiger partial charge in [-0.25, -0.2) is 9.97 Å². The minimum Gasteiger partial charge on any atom is -0.308 e. The van der Waals surface area contributed by atoms with Crippen LogP contribution in [0.5, 0.6) is 0 Å². The van der Waals surface area contributed by atoms with Crippen molar-refractivity contribution in [2.24, 2.45) is 0 Å².